The number of hydrogen-bond donors (Lipinski definition) is 2. The molecule has 2 aromatic heterocycles. The third-order valence-electron chi connectivity index (χ3n) is 3.39. The second kappa shape index (κ2) is 9.97. The van der Waals surface area contributed by atoms with Gasteiger partial charge in [-0.1, -0.05) is 19.0 Å². The Bertz CT molecular complexity index is 646. The van der Waals surface area contributed by atoms with Gasteiger partial charge in [-0.2, -0.15) is 0 Å². The fourth-order valence-corrected chi connectivity index (χ4v) is 2.82. The highest BCUT2D eigenvalue weighted by molar-refractivity contribution is 14.0. The van der Waals surface area contributed by atoms with E-state index in [1.165, 1.54) is 4.88 Å². The Morgan fingerprint density at radius 1 is 1.33 bits per heavy atom. The number of guanidine groups is 1. The molecule has 0 aliphatic rings. The van der Waals surface area contributed by atoms with E-state index >= 15 is 0 Å². The summed E-state index contributed by atoms with van der Waals surface area (Å²) in [6.45, 7) is 12.3. The van der Waals surface area contributed by atoms with Gasteiger partial charge in [0, 0.05) is 17.5 Å². The Kier molecular flexibility index (Phi) is 8.68. The highest BCUT2D eigenvalue weighted by Crippen LogP contribution is 2.16. The van der Waals surface area contributed by atoms with Crippen molar-refractivity contribution >= 4 is 41.3 Å². The quantitative estimate of drug-likeness (QED) is 0.388. The van der Waals surface area contributed by atoms with Crippen LogP contribution >= 0.6 is 35.3 Å². The standard InChI is InChI=1S/C16H25N5OS.HI/c1-6-17-16(19-9-15-20-11(4)12(5)23-15)18-8-13-7-14(10(2)3)21-22-13;/h7,10H,6,8-9H2,1-5H3,(H2,17,18,19);1H. The normalized spacial score (nSPS) is 11.5. The van der Waals surface area contributed by atoms with Crippen molar-refractivity contribution in [2.45, 2.75) is 53.6 Å². The minimum absolute atomic E-state index is 0. The number of nitrogens with zero attached hydrogens (tertiary/aromatic N) is 3. The second-order valence-corrected chi connectivity index (χ2v) is 6.96. The summed E-state index contributed by atoms with van der Waals surface area (Å²) in [6.07, 6.45) is 0. The van der Waals surface area contributed by atoms with E-state index in [1.807, 2.05) is 19.9 Å². The van der Waals surface area contributed by atoms with Crippen LogP contribution in [0.5, 0.6) is 0 Å². The molecule has 2 heterocycles. The highest BCUT2D eigenvalue weighted by atomic mass is 127. The molecule has 2 rings (SSSR count). The van der Waals surface area contributed by atoms with Crippen molar-refractivity contribution in [2.75, 3.05) is 6.54 Å². The van der Waals surface area contributed by atoms with E-state index in [0.29, 0.717) is 19.0 Å². The summed E-state index contributed by atoms with van der Waals surface area (Å²) in [7, 11) is 0. The number of rotatable bonds is 6. The van der Waals surface area contributed by atoms with Crippen LogP contribution in [-0.2, 0) is 13.1 Å². The van der Waals surface area contributed by atoms with Crippen LogP contribution in [-0.4, -0.2) is 22.6 Å². The van der Waals surface area contributed by atoms with Gasteiger partial charge in [-0.15, -0.1) is 35.3 Å². The summed E-state index contributed by atoms with van der Waals surface area (Å²) >= 11 is 1.71. The number of aliphatic imine (C=N–C) groups is 1. The predicted molar refractivity (Wildman–Crippen MR) is 109 cm³/mol. The third-order valence-corrected chi connectivity index (χ3v) is 4.46. The molecule has 0 atom stereocenters. The van der Waals surface area contributed by atoms with Crippen LogP contribution in [0, 0.1) is 13.8 Å². The number of nitrogens with one attached hydrogen (secondary N) is 2. The molecule has 0 unspecified atom stereocenters. The summed E-state index contributed by atoms with van der Waals surface area (Å²) in [5.74, 6) is 1.88. The molecule has 134 valence electrons. The summed E-state index contributed by atoms with van der Waals surface area (Å²) in [4.78, 5) is 10.3. The Morgan fingerprint density at radius 2 is 2.08 bits per heavy atom. The summed E-state index contributed by atoms with van der Waals surface area (Å²) < 4.78 is 5.31. The minimum atomic E-state index is 0. The van der Waals surface area contributed by atoms with Crippen molar-refractivity contribution in [1.29, 1.82) is 0 Å². The molecule has 6 nitrogen and oxygen atoms in total. The molecule has 24 heavy (non-hydrogen) atoms. The van der Waals surface area contributed by atoms with Gasteiger partial charge in [0.15, 0.2) is 11.7 Å². The summed E-state index contributed by atoms with van der Waals surface area (Å²) in [5, 5.41) is 11.6. The average molecular weight is 463 g/mol. The maximum Gasteiger partial charge on any atom is 0.192 e. The minimum Gasteiger partial charge on any atom is -0.359 e. The molecular weight excluding hydrogens is 437 g/mol. The van der Waals surface area contributed by atoms with Crippen molar-refractivity contribution in [2.24, 2.45) is 4.99 Å². The Labute approximate surface area is 164 Å². The average Bonchev–Trinajstić information content (AvgIpc) is 3.10. The maximum absolute atomic E-state index is 5.31. The lowest BCUT2D eigenvalue weighted by atomic mass is 10.1. The molecule has 0 amide bonds. The molecule has 0 radical (unpaired) electrons. The second-order valence-electron chi connectivity index (χ2n) is 5.67. The SMILES string of the molecule is CCNC(=NCc1cc(C(C)C)no1)NCc1nc(C)c(C)s1.I. The molecule has 2 aromatic rings. The molecule has 8 heteroatoms. The van der Waals surface area contributed by atoms with Crippen LogP contribution in [0.3, 0.4) is 0 Å². The van der Waals surface area contributed by atoms with Gasteiger partial charge in [-0.05, 0) is 26.7 Å². The molecule has 0 bridgehead atoms. The van der Waals surface area contributed by atoms with E-state index in [9.17, 15) is 0 Å². The topological polar surface area (TPSA) is 75.3 Å². The van der Waals surface area contributed by atoms with Crippen LogP contribution in [0.15, 0.2) is 15.6 Å². The molecule has 0 saturated heterocycles. The third kappa shape index (κ3) is 6.04. The van der Waals surface area contributed by atoms with Gasteiger partial charge in [-0.25, -0.2) is 9.98 Å². The first-order valence-corrected chi connectivity index (χ1v) is 8.71. The number of aromatic nitrogens is 2. The number of hydrogen-bond acceptors (Lipinski definition) is 5. The molecule has 0 aliphatic heterocycles. The zero-order valence-corrected chi connectivity index (χ0v) is 18.0. The monoisotopic (exact) mass is 463 g/mol. The van der Waals surface area contributed by atoms with E-state index in [0.717, 1.165) is 34.7 Å². The van der Waals surface area contributed by atoms with Crippen molar-refractivity contribution in [3.05, 3.63) is 33.1 Å². The van der Waals surface area contributed by atoms with E-state index in [2.05, 4.69) is 46.5 Å². The molecule has 0 saturated carbocycles. The van der Waals surface area contributed by atoms with E-state index in [-0.39, 0.29) is 24.0 Å². The molecule has 0 fully saturated rings. The van der Waals surface area contributed by atoms with Gasteiger partial charge in [0.1, 0.15) is 11.6 Å². The lowest BCUT2D eigenvalue weighted by Crippen LogP contribution is -2.36. The van der Waals surface area contributed by atoms with Crippen LogP contribution in [0.4, 0.5) is 0 Å². The first-order valence-electron chi connectivity index (χ1n) is 7.90. The van der Waals surface area contributed by atoms with Gasteiger partial charge in [0.2, 0.25) is 0 Å². The first kappa shape index (κ1) is 20.9. The van der Waals surface area contributed by atoms with E-state index in [1.54, 1.807) is 11.3 Å². The zero-order chi connectivity index (χ0) is 16.8. The van der Waals surface area contributed by atoms with Gasteiger partial charge in [-0.3, -0.25) is 0 Å². The molecule has 0 aromatic carbocycles. The van der Waals surface area contributed by atoms with Crippen molar-refractivity contribution < 1.29 is 4.52 Å². The Morgan fingerprint density at radius 3 is 2.62 bits per heavy atom. The number of thiazole rings is 1. The number of halogens is 1. The molecule has 2 N–H and O–H groups in total. The van der Waals surface area contributed by atoms with Crippen LogP contribution in [0.1, 0.15) is 53.7 Å². The van der Waals surface area contributed by atoms with Crippen molar-refractivity contribution in [3.8, 4) is 0 Å². The smallest absolute Gasteiger partial charge is 0.192 e. The number of aryl methyl sites for hydroxylation is 2. The lowest BCUT2D eigenvalue weighted by Gasteiger charge is -2.09. The van der Waals surface area contributed by atoms with Crippen LogP contribution in [0.25, 0.3) is 0 Å². The van der Waals surface area contributed by atoms with E-state index < -0.39 is 0 Å². The lowest BCUT2D eigenvalue weighted by molar-refractivity contribution is 0.376. The summed E-state index contributed by atoms with van der Waals surface area (Å²) in [5.41, 5.74) is 2.05. The van der Waals surface area contributed by atoms with Crippen molar-refractivity contribution in [1.82, 2.24) is 20.8 Å². The zero-order valence-electron chi connectivity index (χ0n) is 14.8. The Balaban J connectivity index is 0.00000288. The van der Waals surface area contributed by atoms with Gasteiger partial charge in [0.05, 0.1) is 17.9 Å². The predicted octanol–water partition coefficient (Wildman–Crippen LogP) is 3.74. The largest absolute Gasteiger partial charge is 0.359 e. The van der Waals surface area contributed by atoms with Crippen molar-refractivity contribution in [3.63, 3.8) is 0 Å². The molecule has 0 aliphatic carbocycles. The fourth-order valence-electron chi connectivity index (χ4n) is 1.95. The summed E-state index contributed by atoms with van der Waals surface area (Å²) in [6, 6.07) is 1.96. The first-order chi connectivity index (χ1) is 11.0. The molecule has 0 spiro atoms. The fraction of sp³-hybridized carbons (Fsp3) is 0.562. The Hall–Kier alpha value is -1.16. The highest BCUT2D eigenvalue weighted by Gasteiger charge is 2.08. The van der Waals surface area contributed by atoms with Crippen LogP contribution in [0.2, 0.25) is 0 Å². The van der Waals surface area contributed by atoms with Gasteiger partial charge in [0.25, 0.3) is 0 Å². The maximum atomic E-state index is 5.31. The van der Waals surface area contributed by atoms with E-state index in [4.69, 9.17) is 4.52 Å². The molecular formula is C16H26IN5OS. The van der Waals surface area contributed by atoms with Gasteiger partial charge < -0.3 is 15.2 Å². The van der Waals surface area contributed by atoms with Gasteiger partial charge >= 0.3 is 0 Å². The van der Waals surface area contributed by atoms with Crippen LogP contribution < -0.4 is 10.6 Å².